The van der Waals surface area contributed by atoms with Gasteiger partial charge in [-0.3, -0.25) is 29.3 Å². The summed E-state index contributed by atoms with van der Waals surface area (Å²) in [6.07, 6.45) is -2.46. The lowest BCUT2D eigenvalue weighted by molar-refractivity contribution is -0.386. The molecule has 58 heavy (non-hydrogen) atoms. The second kappa shape index (κ2) is 19.3. The molecule has 1 saturated heterocycles. The molecule has 0 spiro atoms. The largest absolute Gasteiger partial charge is 0.508 e. The molecule has 1 unspecified atom stereocenters. The lowest BCUT2D eigenvalue weighted by Gasteiger charge is -2.21. The van der Waals surface area contributed by atoms with Gasteiger partial charge in [-0.25, -0.2) is 14.4 Å². The zero-order chi connectivity index (χ0) is 42.1. The molecule has 4 aromatic rings. The molecule has 0 radical (unpaired) electrons. The predicted molar refractivity (Wildman–Crippen MR) is 209 cm³/mol. The molecule has 1 amide bonds. The molecule has 1 aliphatic rings. The van der Waals surface area contributed by atoms with Crippen LogP contribution < -0.4 is 36.6 Å². The molecule has 0 saturated carbocycles. The Kier molecular flexibility index (Phi) is 14.3. The van der Waals surface area contributed by atoms with Crippen LogP contribution in [0, 0.1) is 17.0 Å². The van der Waals surface area contributed by atoms with Crippen molar-refractivity contribution in [3.05, 3.63) is 101 Å². The number of carbonyl (C=O) groups is 2. The second-order valence-electron chi connectivity index (χ2n) is 13.6. The highest BCUT2D eigenvalue weighted by Crippen LogP contribution is 2.39. The molecule has 19 nitrogen and oxygen atoms in total. The highest BCUT2D eigenvalue weighted by molar-refractivity contribution is 5.97. The number of aliphatic hydroxyl groups is 1. The first kappa shape index (κ1) is 42.9. The third-order valence-corrected chi connectivity index (χ3v) is 9.70. The van der Waals surface area contributed by atoms with E-state index in [4.69, 9.17) is 28.1 Å². The Morgan fingerprint density at radius 1 is 1.10 bits per heavy atom. The number of amides is 1. The second-order valence-corrected chi connectivity index (χ2v) is 13.6. The highest BCUT2D eigenvalue weighted by Gasteiger charge is 2.37. The van der Waals surface area contributed by atoms with Crippen LogP contribution in [0.5, 0.6) is 11.5 Å². The molecule has 312 valence electrons. The van der Waals surface area contributed by atoms with E-state index in [9.17, 15) is 39.2 Å². The highest BCUT2D eigenvalue weighted by atomic mass is 16.7. The van der Waals surface area contributed by atoms with E-state index in [0.717, 1.165) is 23.3 Å². The molecule has 5 rings (SSSR count). The standard InChI is InChI=1S/C39H47N5O14/c1-6-42(7-2)25-12-11-24-15-27(37(48)58-30(24)16-25)36(47)40-13-9-8-10-14-54-32-18-28(44(51)52)26(17-31(32)53-5)23(4)56-39(50)55-21-33-29(45)19-34(57-33)43-20-22(3)35(46)41-38(43)49/h11-12,15-18,20,23,29,33-34,45H,6-10,13-14,19,21H2,1-5H3,(H,40,47)(H,41,46,49)/t23?,29-,33+,34+/m0/s1. The number of nitro benzene ring substituents is 1. The number of methoxy groups -OCH3 is 1. The van der Waals surface area contributed by atoms with E-state index < -0.39 is 70.7 Å². The van der Waals surface area contributed by atoms with E-state index in [1.54, 1.807) is 6.07 Å². The number of aromatic nitrogens is 2. The van der Waals surface area contributed by atoms with E-state index in [0.29, 0.717) is 30.2 Å². The van der Waals surface area contributed by atoms with Crippen molar-refractivity contribution in [1.82, 2.24) is 14.9 Å². The van der Waals surface area contributed by atoms with Crippen LogP contribution in [-0.4, -0.2) is 83.8 Å². The molecule has 3 N–H and O–H groups in total. The fraction of sp³-hybridized carbons (Fsp3) is 0.462. The predicted octanol–water partition coefficient (Wildman–Crippen LogP) is 4.26. The molecule has 3 heterocycles. The Bertz CT molecular complexity index is 2300. The summed E-state index contributed by atoms with van der Waals surface area (Å²) in [4.78, 5) is 77.6. The minimum absolute atomic E-state index is 0.00301. The zero-order valence-electron chi connectivity index (χ0n) is 32.8. The van der Waals surface area contributed by atoms with Crippen molar-refractivity contribution in [2.24, 2.45) is 0 Å². The first-order valence-corrected chi connectivity index (χ1v) is 18.8. The first-order valence-electron chi connectivity index (χ1n) is 18.8. The number of carbonyl (C=O) groups excluding carboxylic acids is 2. The maximum absolute atomic E-state index is 12.8. The quantitative estimate of drug-likeness (QED) is 0.0418. The number of nitro groups is 1. The number of nitrogens with one attached hydrogen (secondary N) is 2. The maximum atomic E-state index is 12.8. The van der Waals surface area contributed by atoms with Crippen molar-refractivity contribution in [1.29, 1.82) is 0 Å². The Morgan fingerprint density at radius 2 is 1.86 bits per heavy atom. The smallest absolute Gasteiger partial charge is 0.493 e. The van der Waals surface area contributed by atoms with Crippen molar-refractivity contribution in [2.45, 2.75) is 77.9 Å². The molecule has 0 aliphatic carbocycles. The number of hydrogen-bond donors (Lipinski definition) is 3. The molecule has 19 heteroatoms. The van der Waals surface area contributed by atoms with Crippen LogP contribution in [0.3, 0.4) is 0 Å². The monoisotopic (exact) mass is 809 g/mol. The van der Waals surface area contributed by atoms with Gasteiger partial charge < -0.3 is 43.4 Å². The Balaban J connectivity index is 1.09. The van der Waals surface area contributed by atoms with E-state index in [-0.39, 0.29) is 47.8 Å². The van der Waals surface area contributed by atoms with Crippen molar-refractivity contribution >= 4 is 34.4 Å². The van der Waals surface area contributed by atoms with Gasteiger partial charge in [0.2, 0.25) is 0 Å². The molecule has 2 aromatic carbocycles. The van der Waals surface area contributed by atoms with Crippen LogP contribution in [0.1, 0.15) is 80.3 Å². The number of aliphatic hydroxyl groups excluding tert-OH is 1. The number of anilines is 1. The number of rotatable bonds is 18. The number of benzene rings is 2. The van der Waals surface area contributed by atoms with Crippen LogP contribution in [0.15, 0.2) is 61.4 Å². The van der Waals surface area contributed by atoms with Gasteiger partial charge in [0.1, 0.15) is 36.2 Å². The molecule has 0 bridgehead atoms. The number of nitrogens with zero attached hydrogens (tertiary/aromatic N) is 3. The molecule has 2 aromatic heterocycles. The summed E-state index contributed by atoms with van der Waals surface area (Å²) < 4.78 is 33.9. The van der Waals surface area contributed by atoms with E-state index in [2.05, 4.69) is 15.2 Å². The van der Waals surface area contributed by atoms with Crippen molar-refractivity contribution in [3.63, 3.8) is 0 Å². The number of aromatic amines is 1. The van der Waals surface area contributed by atoms with Gasteiger partial charge >= 0.3 is 17.5 Å². The topological polar surface area (TPSA) is 244 Å². The van der Waals surface area contributed by atoms with Gasteiger partial charge in [-0.05, 0) is 71.2 Å². The Hall–Kier alpha value is -6.21. The van der Waals surface area contributed by atoms with Gasteiger partial charge in [0.05, 0.1) is 36.4 Å². The van der Waals surface area contributed by atoms with Crippen LogP contribution in [0.25, 0.3) is 11.0 Å². The lowest BCUT2D eigenvalue weighted by Crippen LogP contribution is -2.33. The number of H-pyrrole nitrogens is 1. The van der Waals surface area contributed by atoms with Crippen molar-refractivity contribution in [2.75, 3.05) is 44.9 Å². The third-order valence-electron chi connectivity index (χ3n) is 9.70. The van der Waals surface area contributed by atoms with Gasteiger partial charge in [0, 0.05) is 55.0 Å². The molecular weight excluding hydrogens is 762 g/mol. The minimum Gasteiger partial charge on any atom is -0.493 e. The van der Waals surface area contributed by atoms with Crippen LogP contribution in [-0.2, 0) is 14.2 Å². The SMILES string of the molecule is CCN(CC)c1ccc2cc(C(=O)NCCCCCOc3cc([N+](=O)[O-])c(C(C)OC(=O)OC[C@H]4O[C@@H](n5cc(C)c(=O)[nH]c5=O)C[C@@H]4O)cc3OC)c(=O)oc2c1. The fourth-order valence-electron chi connectivity index (χ4n) is 6.48. The van der Waals surface area contributed by atoms with Crippen LogP contribution in [0.4, 0.5) is 16.2 Å². The average molecular weight is 810 g/mol. The zero-order valence-corrected chi connectivity index (χ0v) is 32.8. The normalized spacial score (nSPS) is 16.8. The van der Waals surface area contributed by atoms with Crippen LogP contribution >= 0.6 is 0 Å². The van der Waals surface area contributed by atoms with E-state index in [1.807, 2.05) is 26.0 Å². The summed E-state index contributed by atoms with van der Waals surface area (Å²) in [7, 11) is 1.35. The van der Waals surface area contributed by atoms with Gasteiger partial charge in [0.25, 0.3) is 17.2 Å². The summed E-state index contributed by atoms with van der Waals surface area (Å²) in [6, 6.07) is 9.53. The Labute approximate surface area is 331 Å². The summed E-state index contributed by atoms with van der Waals surface area (Å²) >= 11 is 0. The summed E-state index contributed by atoms with van der Waals surface area (Å²) in [6.45, 7) is 8.56. The number of fused-ring (bicyclic) bond motifs is 1. The molecular formula is C39H47N5O14. The number of aryl methyl sites for hydroxylation is 1. The van der Waals surface area contributed by atoms with E-state index >= 15 is 0 Å². The summed E-state index contributed by atoms with van der Waals surface area (Å²) in [5, 5.41) is 25.9. The number of ether oxygens (including phenoxy) is 5. The van der Waals surface area contributed by atoms with Gasteiger partial charge in [0.15, 0.2) is 11.5 Å². The third kappa shape index (κ3) is 10.2. The minimum atomic E-state index is -1.20. The van der Waals surface area contributed by atoms with Crippen LogP contribution in [0.2, 0.25) is 0 Å². The number of hydrogen-bond acceptors (Lipinski definition) is 15. The van der Waals surface area contributed by atoms with Crippen molar-refractivity contribution < 1.29 is 47.7 Å². The van der Waals surface area contributed by atoms with Gasteiger partial charge in [-0.15, -0.1) is 0 Å². The number of unbranched alkanes of at least 4 members (excludes halogenated alkanes) is 2. The van der Waals surface area contributed by atoms with Gasteiger partial charge in [-0.1, -0.05) is 0 Å². The average Bonchev–Trinajstić information content (AvgIpc) is 3.57. The van der Waals surface area contributed by atoms with Crippen molar-refractivity contribution in [3.8, 4) is 11.5 Å². The summed E-state index contributed by atoms with van der Waals surface area (Å²) in [5.74, 6) is -0.306. The maximum Gasteiger partial charge on any atom is 0.508 e. The summed E-state index contributed by atoms with van der Waals surface area (Å²) in [5.41, 5.74) is -0.921. The lowest BCUT2D eigenvalue weighted by atomic mass is 10.1. The fourth-order valence-corrected chi connectivity index (χ4v) is 6.48. The molecule has 1 fully saturated rings. The molecule has 4 atom stereocenters. The Morgan fingerprint density at radius 3 is 2.57 bits per heavy atom. The molecule has 1 aliphatic heterocycles. The van der Waals surface area contributed by atoms with E-state index in [1.165, 1.54) is 45.4 Å². The first-order chi connectivity index (χ1) is 27.7. The van der Waals surface area contributed by atoms with Gasteiger partial charge in [-0.2, -0.15) is 0 Å².